The molecule has 1 heterocycles. The molecule has 0 bridgehead atoms. The van der Waals surface area contributed by atoms with E-state index in [0.717, 1.165) is 23.6 Å². The van der Waals surface area contributed by atoms with Crippen molar-refractivity contribution < 1.29 is 4.74 Å². The molecule has 0 unspecified atom stereocenters. The minimum Gasteiger partial charge on any atom is -0.489 e. The third-order valence-corrected chi connectivity index (χ3v) is 4.64. The van der Waals surface area contributed by atoms with E-state index in [2.05, 4.69) is 42.1 Å². The highest BCUT2D eigenvalue weighted by molar-refractivity contribution is 5.37. The number of benzene rings is 2. The fourth-order valence-electron chi connectivity index (χ4n) is 2.92. The summed E-state index contributed by atoms with van der Waals surface area (Å²) in [6.07, 6.45) is 1.83. The summed E-state index contributed by atoms with van der Waals surface area (Å²) in [5, 5.41) is 9.19. The average molecular weight is 357 g/mol. The van der Waals surface area contributed by atoms with Gasteiger partial charge in [-0.1, -0.05) is 36.4 Å². The lowest BCUT2D eigenvalue weighted by molar-refractivity contribution is 0.247. The molecule has 0 aliphatic rings. The van der Waals surface area contributed by atoms with E-state index in [1.54, 1.807) is 0 Å². The molecule has 3 rings (SSSR count). The largest absolute Gasteiger partial charge is 0.489 e. The summed E-state index contributed by atoms with van der Waals surface area (Å²) >= 11 is 0. The van der Waals surface area contributed by atoms with Crippen LogP contribution in [0.4, 0.5) is 0 Å². The van der Waals surface area contributed by atoms with Crippen LogP contribution in [0.1, 0.15) is 35.3 Å². The molecule has 0 saturated carbocycles. The van der Waals surface area contributed by atoms with Crippen LogP contribution in [0.5, 0.6) is 5.75 Å². The molecule has 3 aromatic rings. The Morgan fingerprint density at radius 3 is 2.67 bits per heavy atom. The predicted octanol–water partition coefficient (Wildman–Crippen LogP) is 4.73. The highest BCUT2D eigenvalue weighted by atomic mass is 16.5. The Labute approximate surface area is 160 Å². The molecule has 0 aliphatic heterocycles. The molecule has 4 nitrogen and oxygen atoms in total. The standard InChI is InChI=1S/C23H23N3O/c1-18(23-12-5-6-13-25-23)26(2)16-19-8-7-11-22(14-19)27-17-21-10-4-3-9-20(21)15-24/h3-14,18H,16-17H2,1-2H3/t18-/m0/s1. The summed E-state index contributed by atoms with van der Waals surface area (Å²) in [5.74, 6) is 0.805. The Balaban J connectivity index is 1.64. The van der Waals surface area contributed by atoms with Gasteiger partial charge in [0.2, 0.25) is 0 Å². The van der Waals surface area contributed by atoms with E-state index in [-0.39, 0.29) is 6.04 Å². The van der Waals surface area contributed by atoms with Gasteiger partial charge in [-0.2, -0.15) is 5.26 Å². The molecule has 0 amide bonds. The van der Waals surface area contributed by atoms with Crippen molar-refractivity contribution in [3.05, 3.63) is 95.3 Å². The number of hydrogen-bond donors (Lipinski definition) is 0. The number of rotatable bonds is 7. The summed E-state index contributed by atoms with van der Waals surface area (Å²) in [6, 6.07) is 24.0. The van der Waals surface area contributed by atoms with Crippen LogP contribution >= 0.6 is 0 Å². The number of aromatic nitrogens is 1. The van der Waals surface area contributed by atoms with Crippen molar-refractivity contribution in [3.63, 3.8) is 0 Å². The molecule has 0 spiro atoms. The van der Waals surface area contributed by atoms with E-state index >= 15 is 0 Å². The first-order chi connectivity index (χ1) is 13.2. The maximum Gasteiger partial charge on any atom is 0.120 e. The van der Waals surface area contributed by atoms with Crippen molar-refractivity contribution in [3.8, 4) is 11.8 Å². The fourth-order valence-corrected chi connectivity index (χ4v) is 2.92. The van der Waals surface area contributed by atoms with Gasteiger partial charge in [0.1, 0.15) is 12.4 Å². The third kappa shape index (κ3) is 4.93. The summed E-state index contributed by atoms with van der Waals surface area (Å²) in [7, 11) is 2.09. The van der Waals surface area contributed by atoms with Crippen LogP contribution < -0.4 is 4.74 Å². The van der Waals surface area contributed by atoms with Crippen LogP contribution in [0.15, 0.2) is 72.9 Å². The Morgan fingerprint density at radius 2 is 1.89 bits per heavy atom. The van der Waals surface area contributed by atoms with Gasteiger partial charge in [0.25, 0.3) is 0 Å². The van der Waals surface area contributed by atoms with Gasteiger partial charge in [-0.05, 0) is 49.9 Å². The van der Waals surface area contributed by atoms with Gasteiger partial charge >= 0.3 is 0 Å². The summed E-state index contributed by atoms with van der Waals surface area (Å²) in [5.41, 5.74) is 3.77. The maximum absolute atomic E-state index is 9.19. The van der Waals surface area contributed by atoms with Crippen molar-refractivity contribution in [1.82, 2.24) is 9.88 Å². The van der Waals surface area contributed by atoms with E-state index in [4.69, 9.17) is 4.74 Å². The first kappa shape index (κ1) is 18.6. The van der Waals surface area contributed by atoms with E-state index in [1.807, 2.05) is 60.8 Å². The Kier molecular flexibility index (Phi) is 6.19. The number of ether oxygens (including phenoxy) is 1. The molecule has 0 N–H and O–H groups in total. The molecule has 27 heavy (non-hydrogen) atoms. The van der Waals surface area contributed by atoms with Crippen molar-refractivity contribution in [2.75, 3.05) is 7.05 Å². The number of nitrogens with zero attached hydrogens (tertiary/aromatic N) is 3. The first-order valence-electron chi connectivity index (χ1n) is 8.98. The van der Waals surface area contributed by atoms with Gasteiger partial charge in [-0.15, -0.1) is 0 Å². The molecule has 4 heteroatoms. The smallest absolute Gasteiger partial charge is 0.120 e. The van der Waals surface area contributed by atoms with Gasteiger partial charge < -0.3 is 4.74 Å². The summed E-state index contributed by atoms with van der Waals surface area (Å²) in [6.45, 7) is 3.33. The second-order valence-electron chi connectivity index (χ2n) is 6.55. The monoisotopic (exact) mass is 357 g/mol. The quantitative estimate of drug-likeness (QED) is 0.614. The van der Waals surface area contributed by atoms with E-state index in [1.165, 1.54) is 5.56 Å². The highest BCUT2D eigenvalue weighted by Gasteiger charge is 2.13. The predicted molar refractivity (Wildman–Crippen MR) is 106 cm³/mol. The number of pyridine rings is 1. The van der Waals surface area contributed by atoms with Crippen LogP contribution in [0.2, 0.25) is 0 Å². The van der Waals surface area contributed by atoms with Crippen LogP contribution in [0, 0.1) is 11.3 Å². The molecule has 0 aliphatic carbocycles. The van der Waals surface area contributed by atoms with Crippen LogP contribution in [-0.4, -0.2) is 16.9 Å². The lowest BCUT2D eigenvalue weighted by atomic mass is 10.1. The number of hydrogen-bond acceptors (Lipinski definition) is 4. The topological polar surface area (TPSA) is 49.2 Å². The Bertz CT molecular complexity index is 918. The van der Waals surface area contributed by atoms with Crippen molar-refractivity contribution in [2.45, 2.75) is 26.1 Å². The van der Waals surface area contributed by atoms with Crippen molar-refractivity contribution in [2.24, 2.45) is 0 Å². The third-order valence-electron chi connectivity index (χ3n) is 4.64. The fraction of sp³-hybridized carbons (Fsp3) is 0.217. The van der Waals surface area contributed by atoms with Gasteiger partial charge in [-0.3, -0.25) is 9.88 Å². The summed E-state index contributed by atoms with van der Waals surface area (Å²) < 4.78 is 5.92. The maximum atomic E-state index is 9.19. The number of nitriles is 1. The molecular formula is C23H23N3O. The lowest BCUT2D eigenvalue weighted by Crippen LogP contribution is -2.22. The van der Waals surface area contributed by atoms with E-state index in [9.17, 15) is 5.26 Å². The zero-order valence-electron chi connectivity index (χ0n) is 15.7. The molecular weight excluding hydrogens is 334 g/mol. The minimum atomic E-state index is 0.221. The minimum absolute atomic E-state index is 0.221. The van der Waals surface area contributed by atoms with Crippen molar-refractivity contribution in [1.29, 1.82) is 5.26 Å². The average Bonchev–Trinajstić information content (AvgIpc) is 2.72. The Morgan fingerprint density at radius 1 is 1.07 bits per heavy atom. The zero-order chi connectivity index (χ0) is 19.1. The molecule has 2 aromatic carbocycles. The lowest BCUT2D eigenvalue weighted by Gasteiger charge is -2.24. The molecule has 136 valence electrons. The van der Waals surface area contributed by atoms with Gasteiger partial charge in [0.05, 0.1) is 17.3 Å². The molecule has 1 aromatic heterocycles. The highest BCUT2D eigenvalue weighted by Crippen LogP contribution is 2.21. The van der Waals surface area contributed by atoms with Gasteiger partial charge in [-0.25, -0.2) is 0 Å². The summed E-state index contributed by atoms with van der Waals surface area (Å²) in [4.78, 5) is 6.70. The zero-order valence-corrected chi connectivity index (χ0v) is 15.7. The second kappa shape index (κ2) is 8.98. The Hall–Kier alpha value is -3.16. The van der Waals surface area contributed by atoms with E-state index < -0.39 is 0 Å². The normalized spacial score (nSPS) is 11.8. The van der Waals surface area contributed by atoms with E-state index in [0.29, 0.717) is 12.2 Å². The SMILES string of the molecule is C[C@@H](c1ccccn1)N(C)Cc1cccc(OCc2ccccc2C#N)c1. The van der Waals surface area contributed by atoms with Crippen LogP contribution in [0.25, 0.3) is 0 Å². The second-order valence-corrected chi connectivity index (χ2v) is 6.55. The van der Waals surface area contributed by atoms with Crippen LogP contribution in [-0.2, 0) is 13.2 Å². The molecule has 0 radical (unpaired) electrons. The first-order valence-corrected chi connectivity index (χ1v) is 8.98. The molecule has 1 atom stereocenters. The van der Waals surface area contributed by atoms with Crippen molar-refractivity contribution >= 4 is 0 Å². The van der Waals surface area contributed by atoms with Gasteiger partial charge in [0, 0.05) is 24.3 Å². The molecule has 0 fully saturated rings. The molecule has 0 saturated heterocycles. The van der Waals surface area contributed by atoms with Gasteiger partial charge in [0.15, 0.2) is 0 Å². The van der Waals surface area contributed by atoms with Crippen LogP contribution in [0.3, 0.4) is 0 Å².